The third-order valence-corrected chi connectivity index (χ3v) is 14.7. The van der Waals surface area contributed by atoms with E-state index in [1.165, 1.54) is 50.4 Å². The van der Waals surface area contributed by atoms with Gasteiger partial charge in [-0.15, -0.1) is 0 Å². The second-order valence-electron chi connectivity index (χ2n) is 18.6. The molecule has 54 heavy (non-hydrogen) atoms. The summed E-state index contributed by atoms with van der Waals surface area (Å²) < 4.78 is 5.64. The van der Waals surface area contributed by atoms with Crippen LogP contribution in [-0.4, -0.2) is 51.7 Å². The number of fused-ring (bicyclic) bond motifs is 8. The average Bonchev–Trinajstić information content (AvgIpc) is 3.76. The fourth-order valence-electron chi connectivity index (χ4n) is 12.2. The van der Waals surface area contributed by atoms with Crippen molar-refractivity contribution >= 4 is 11.8 Å². The van der Waals surface area contributed by atoms with Crippen LogP contribution in [0.4, 0.5) is 4.79 Å². The number of furan rings is 1. The summed E-state index contributed by atoms with van der Waals surface area (Å²) in [5, 5.41) is 27.7. The highest BCUT2D eigenvalue weighted by atomic mass is 16.3. The first-order valence-corrected chi connectivity index (χ1v) is 20.8. The average molecular weight is 733 g/mol. The molecule has 5 atom stereocenters. The summed E-state index contributed by atoms with van der Waals surface area (Å²) in [5.41, 5.74) is 2.99. The van der Waals surface area contributed by atoms with E-state index in [0.29, 0.717) is 44.2 Å². The Kier molecular flexibility index (Phi) is 10.2. The summed E-state index contributed by atoms with van der Waals surface area (Å²) in [6.07, 6.45) is 15.5. The number of benzene rings is 2. The Labute approximate surface area is 321 Å². The van der Waals surface area contributed by atoms with E-state index in [4.69, 9.17) is 4.42 Å². The summed E-state index contributed by atoms with van der Waals surface area (Å²) in [4.78, 5) is 30.9. The predicted molar refractivity (Wildman–Crippen MR) is 211 cm³/mol. The van der Waals surface area contributed by atoms with Crippen molar-refractivity contribution in [1.29, 1.82) is 0 Å². The summed E-state index contributed by atoms with van der Waals surface area (Å²) in [5.74, 6) is 2.25. The van der Waals surface area contributed by atoms with Gasteiger partial charge in [0.05, 0.1) is 30.6 Å². The lowest BCUT2D eigenvalue weighted by atomic mass is 9.49. The number of aliphatic hydroxyl groups is 2. The third kappa shape index (κ3) is 7.23. The molecule has 2 aromatic carbocycles. The molecule has 3 aromatic rings. The maximum Gasteiger partial charge on any atom is 0.317 e. The Morgan fingerprint density at radius 3 is 2.35 bits per heavy atom. The molecule has 7 aliphatic carbocycles. The number of hydrogen-bond acceptors (Lipinski definition) is 5. The molecule has 0 radical (unpaired) electrons. The van der Waals surface area contributed by atoms with Gasteiger partial charge in [-0.3, -0.25) is 4.79 Å². The number of amides is 2. The van der Waals surface area contributed by atoms with Crippen molar-refractivity contribution in [3.8, 4) is 0 Å². The molecular formula is C47H60N2O5. The molecule has 0 saturated heterocycles. The minimum absolute atomic E-state index is 0.101. The van der Waals surface area contributed by atoms with Crippen LogP contribution in [0.5, 0.6) is 0 Å². The lowest BCUT2D eigenvalue weighted by molar-refractivity contribution is -0.0985. The molecule has 6 bridgehead atoms. The van der Waals surface area contributed by atoms with Crippen molar-refractivity contribution < 1.29 is 24.2 Å². The molecule has 5 fully saturated rings. The number of nitrogens with one attached hydrogen (secondary N) is 1. The van der Waals surface area contributed by atoms with Crippen LogP contribution in [0.3, 0.4) is 0 Å². The largest absolute Gasteiger partial charge is 0.461 e. The molecule has 5 saturated carbocycles. The highest BCUT2D eigenvalue weighted by molar-refractivity contribution is 6.08. The van der Waals surface area contributed by atoms with Crippen molar-refractivity contribution in [1.82, 2.24) is 10.2 Å². The number of nitrogens with zero attached hydrogens (tertiary/aromatic N) is 1. The molecular weight excluding hydrogens is 673 g/mol. The number of allylic oxidation sites excluding steroid dienone is 2. The molecule has 2 amide bonds. The smallest absolute Gasteiger partial charge is 0.317 e. The van der Waals surface area contributed by atoms with E-state index in [1.54, 1.807) is 12.1 Å². The number of rotatable bonds is 8. The van der Waals surface area contributed by atoms with Crippen molar-refractivity contribution in [2.45, 2.75) is 128 Å². The number of carbonyl (C=O) groups is 2. The lowest BCUT2D eigenvalue weighted by Gasteiger charge is -2.58. The van der Waals surface area contributed by atoms with Crippen LogP contribution in [0.25, 0.3) is 0 Å². The van der Waals surface area contributed by atoms with Gasteiger partial charge in [-0.1, -0.05) is 61.0 Å². The van der Waals surface area contributed by atoms with Crippen molar-refractivity contribution in [2.24, 2.45) is 28.6 Å². The van der Waals surface area contributed by atoms with Gasteiger partial charge >= 0.3 is 6.03 Å². The topological polar surface area (TPSA) is 103 Å². The highest BCUT2D eigenvalue weighted by Crippen LogP contribution is 2.62. The number of carbonyl (C=O) groups excluding carboxylic acids is 2. The van der Waals surface area contributed by atoms with Crippen LogP contribution in [0.1, 0.15) is 143 Å². The number of ketones is 1. The minimum atomic E-state index is -1.19. The normalized spacial score (nSPS) is 33.8. The van der Waals surface area contributed by atoms with Crippen LogP contribution in [-0.2, 0) is 6.42 Å². The molecule has 1 aromatic heterocycles. The summed E-state index contributed by atoms with van der Waals surface area (Å²) >= 11 is 0. The Morgan fingerprint density at radius 2 is 1.67 bits per heavy atom. The first kappa shape index (κ1) is 37.3. The molecule has 10 rings (SSSR count). The molecule has 0 unspecified atom stereocenters. The maximum absolute atomic E-state index is 14.7. The Hall–Kier alpha value is -3.68. The molecule has 0 spiro atoms. The number of hydrogen-bond donors (Lipinski definition) is 3. The van der Waals surface area contributed by atoms with Crippen LogP contribution >= 0.6 is 0 Å². The monoisotopic (exact) mass is 732 g/mol. The van der Waals surface area contributed by atoms with Gasteiger partial charge < -0.3 is 24.8 Å². The molecule has 7 aliphatic rings. The standard InChI is InChI=1S/C47H60N2O5/c1-31-9-7-18-45(3)41(39-16-14-33(24-38(50)15-13-31)25-40(39)43(51)42-12-8-20-54-42)17-19-47(45,53)30-49(44(52)48-32(2)37-10-5-4-6-11-37)29-46-26-34-21-35(27-46)23-36(22-34)28-46/h4-6,8-12,14,16,20,25,32,34-36,38,41,50,53H,7,13,15,17-19,21-24,26-30H2,1-3H3,(H,48,52)/t32-,34?,35?,36?,38+,41+,45+,46?,47-/m1/s1. The predicted octanol–water partition coefficient (Wildman–Crippen LogP) is 9.54. The molecule has 0 aliphatic heterocycles. The van der Waals surface area contributed by atoms with Gasteiger partial charge in [0.1, 0.15) is 0 Å². The zero-order valence-corrected chi connectivity index (χ0v) is 32.6. The van der Waals surface area contributed by atoms with E-state index >= 15 is 0 Å². The van der Waals surface area contributed by atoms with Crippen molar-refractivity contribution in [3.63, 3.8) is 0 Å². The quantitative estimate of drug-likeness (QED) is 0.158. The van der Waals surface area contributed by atoms with Gasteiger partial charge in [0.2, 0.25) is 5.78 Å². The second-order valence-corrected chi connectivity index (χ2v) is 18.6. The van der Waals surface area contributed by atoms with Crippen LogP contribution in [0.2, 0.25) is 0 Å². The molecule has 3 N–H and O–H groups in total. The van der Waals surface area contributed by atoms with Gasteiger partial charge in [0, 0.05) is 17.5 Å². The van der Waals surface area contributed by atoms with E-state index < -0.39 is 17.1 Å². The van der Waals surface area contributed by atoms with E-state index in [9.17, 15) is 19.8 Å². The number of aliphatic hydroxyl groups excluding tert-OH is 1. The van der Waals surface area contributed by atoms with Gasteiger partial charge in [-0.05, 0) is 161 Å². The fraction of sp³-hybridized carbons (Fsp3) is 0.574. The molecule has 7 nitrogen and oxygen atoms in total. The van der Waals surface area contributed by atoms with Gasteiger partial charge in [0.15, 0.2) is 5.76 Å². The third-order valence-electron chi connectivity index (χ3n) is 14.7. The molecule has 288 valence electrons. The van der Waals surface area contributed by atoms with E-state index in [0.717, 1.165) is 47.3 Å². The second kappa shape index (κ2) is 14.8. The first-order chi connectivity index (χ1) is 25.9. The molecule has 7 heteroatoms. The van der Waals surface area contributed by atoms with Crippen LogP contribution in [0, 0.1) is 28.6 Å². The van der Waals surface area contributed by atoms with Crippen LogP contribution in [0.15, 0.2) is 83.0 Å². The summed E-state index contributed by atoms with van der Waals surface area (Å²) in [6, 6.07) is 19.4. The zero-order valence-electron chi connectivity index (χ0n) is 32.6. The number of urea groups is 1. The van der Waals surface area contributed by atoms with Gasteiger partial charge in [0.25, 0.3) is 0 Å². The minimum Gasteiger partial charge on any atom is -0.461 e. The van der Waals surface area contributed by atoms with Crippen molar-refractivity contribution in [2.75, 3.05) is 13.1 Å². The van der Waals surface area contributed by atoms with E-state index in [1.807, 2.05) is 36.1 Å². The van der Waals surface area contributed by atoms with Gasteiger partial charge in [-0.25, -0.2) is 4.79 Å². The van der Waals surface area contributed by atoms with Gasteiger partial charge in [-0.2, -0.15) is 0 Å². The highest BCUT2D eigenvalue weighted by Gasteiger charge is 2.59. The van der Waals surface area contributed by atoms with Crippen molar-refractivity contribution in [3.05, 3.63) is 107 Å². The zero-order chi connectivity index (χ0) is 37.7. The fourth-order valence-corrected chi connectivity index (χ4v) is 12.2. The Balaban J connectivity index is 1.16. The van der Waals surface area contributed by atoms with E-state index in [-0.39, 0.29) is 41.5 Å². The first-order valence-electron chi connectivity index (χ1n) is 20.8. The SMILES string of the molecule is CC1=CCC[C@@]2(C)[C@@H](CC[C@@]2(O)CN(CC23CC4CC(CC(C4)C2)C3)C(=O)N[C@H](C)c2ccccc2)c2ccc(cc2C(=O)c2ccco2)C[C@@H](O)CC1. The summed E-state index contributed by atoms with van der Waals surface area (Å²) in [6.45, 7) is 7.32. The van der Waals surface area contributed by atoms with E-state index in [2.05, 4.69) is 49.5 Å². The Morgan fingerprint density at radius 1 is 0.944 bits per heavy atom. The lowest BCUT2D eigenvalue weighted by Crippen LogP contribution is -2.59. The summed E-state index contributed by atoms with van der Waals surface area (Å²) in [7, 11) is 0. The Bertz CT molecular complexity index is 1810. The molecule has 1 heterocycles. The van der Waals surface area contributed by atoms with Crippen LogP contribution < -0.4 is 5.32 Å². The maximum atomic E-state index is 14.7.